The van der Waals surface area contributed by atoms with Crippen LogP contribution in [0.4, 0.5) is 5.69 Å². The molecule has 26 heavy (non-hydrogen) atoms. The molecule has 1 aliphatic heterocycles. The number of carbonyl (C=O) groups excluding carboxylic acids is 1. The van der Waals surface area contributed by atoms with Crippen molar-refractivity contribution in [3.63, 3.8) is 0 Å². The molecule has 1 aromatic carbocycles. The zero-order valence-electron chi connectivity index (χ0n) is 14.9. The van der Waals surface area contributed by atoms with Crippen LogP contribution in [0.25, 0.3) is 0 Å². The molecule has 138 valence electrons. The molecule has 1 amide bonds. The van der Waals surface area contributed by atoms with Gasteiger partial charge in [-0.25, -0.2) is 0 Å². The second kappa shape index (κ2) is 6.67. The number of carboxylic acids is 1. The molecular weight excluding hydrogens is 332 g/mol. The van der Waals surface area contributed by atoms with E-state index < -0.39 is 17.8 Å². The van der Waals surface area contributed by atoms with Crippen molar-refractivity contribution in [2.75, 3.05) is 38.2 Å². The Morgan fingerprint density at radius 2 is 1.62 bits per heavy atom. The van der Waals surface area contributed by atoms with Crippen molar-refractivity contribution in [1.82, 2.24) is 4.90 Å². The Morgan fingerprint density at radius 1 is 1.00 bits per heavy atom. The Morgan fingerprint density at radius 3 is 2.19 bits per heavy atom. The van der Waals surface area contributed by atoms with Gasteiger partial charge < -0.3 is 19.6 Å². The van der Waals surface area contributed by atoms with Crippen molar-refractivity contribution >= 4 is 17.6 Å². The van der Waals surface area contributed by atoms with E-state index in [1.165, 1.54) is 0 Å². The van der Waals surface area contributed by atoms with Crippen LogP contribution in [0.3, 0.4) is 0 Å². The molecular formula is C20H24N2O4. The summed E-state index contributed by atoms with van der Waals surface area (Å²) in [4.78, 5) is 28.8. The van der Waals surface area contributed by atoms with Gasteiger partial charge in [-0.05, 0) is 42.5 Å². The maximum atomic E-state index is 13.0. The molecule has 0 aromatic heterocycles. The number of benzene rings is 1. The molecule has 2 fully saturated rings. The molecule has 0 radical (unpaired) electrons. The summed E-state index contributed by atoms with van der Waals surface area (Å²) in [6.07, 6.45) is 4.83. The van der Waals surface area contributed by atoms with Gasteiger partial charge in [-0.15, -0.1) is 0 Å². The summed E-state index contributed by atoms with van der Waals surface area (Å²) >= 11 is 0. The standard InChI is InChI=1S/C20H24N2O4/c1-26-16-6-4-15(5-7-16)21-8-10-22(11-9-21)19(23)17-13-2-3-14(12-13)18(17)20(24)25/h2-7,13-14,17-18H,8-12H2,1H3,(H,24,25)/t13-,14+,17-,18+/m1/s1. The summed E-state index contributed by atoms with van der Waals surface area (Å²) in [5.41, 5.74) is 1.11. The van der Waals surface area contributed by atoms with Crippen molar-refractivity contribution < 1.29 is 19.4 Å². The number of piperazine rings is 1. The second-order valence-corrected chi connectivity index (χ2v) is 7.35. The highest BCUT2D eigenvalue weighted by atomic mass is 16.5. The van der Waals surface area contributed by atoms with Gasteiger partial charge in [-0.1, -0.05) is 12.2 Å². The van der Waals surface area contributed by atoms with Crippen LogP contribution in [0, 0.1) is 23.7 Å². The summed E-state index contributed by atoms with van der Waals surface area (Å²) in [5.74, 6) is -0.834. The SMILES string of the molecule is COc1ccc(N2CCN(C(=O)[C@H]3[C@@H](C(=O)O)[C@H]4C=C[C@@H]3C4)CC2)cc1. The number of fused-ring (bicyclic) bond motifs is 2. The van der Waals surface area contributed by atoms with E-state index in [-0.39, 0.29) is 17.7 Å². The maximum Gasteiger partial charge on any atom is 0.307 e. The summed E-state index contributed by atoms with van der Waals surface area (Å²) < 4.78 is 5.19. The first kappa shape index (κ1) is 16.9. The number of methoxy groups -OCH3 is 1. The number of hydrogen-bond acceptors (Lipinski definition) is 4. The van der Waals surface area contributed by atoms with Crippen LogP contribution in [0.1, 0.15) is 6.42 Å². The van der Waals surface area contributed by atoms with Crippen molar-refractivity contribution in [3.8, 4) is 5.75 Å². The third kappa shape index (κ3) is 2.83. The Balaban J connectivity index is 1.40. The minimum atomic E-state index is -0.836. The van der Waals surface area contributed by atoms with Gasteiger partial charge in [0.05, 0.1) is 18.9 Å². The maximum absolute atomic E-state index is 13.0. The summed E-state index contributed by atoms with van der Waals surface area (Å²) in [5, 5.41) is 9.56. The van der Waals surface area contributed by atoms with E-state index in [1.807, 2.05) is 41.3 Å². The van der Waals surface area contributed by atoms with Crippen LogP contribution in [0.15, 0.2) is 36.4 Å². The number of amides is 1. The quantitative estimate of drug-likeness (QED) is 0.834. The lowest BCUT2D eigenvalue weighted by Gasteiger charge is -2.38. The van der Waals surface area contributed by atoms with Gasteiger partial charge in [0, 0.05) is 31.9 Å². The zero-order valence-corrected chi connectivity index (χ0v) is 14.9. The zero-order chi connectivity index (χ0) is 18.3. The van der Waals surface area contributed by atoms with Crippen LogP contribution >= 0.6 is 0 Å². The van der Waals surface area contributed by atoms with E-state index in [4.69, 9.17) is 4.74 Å². The monoisotopic (exact) mass is 356 g/mol. The minimum Gasteiger partial charge on any atom is -0.497 e. The number of carboxylic acid groups (broad SMARTS) is 1. The smallest absolute Gasteiger partial charge is 0.307 e. The molecule has 4 rings (SSSR count). The second-order valence-electron chi connectivity index (χ2n) is 7.35. The van der Waals surface area contributed by atoms with Gasteiger partial charge in [0.25, 0.3) is 0 Å². The molecule has 1 saturated carbocycles. The third-order valence-electron chi connectivity index (χ3n) is 6.06. The summed E-state index contributed by atoms with van der Waals surface area (Å²) in [6.45, 7) is 2.78. The van der Waals surface area contributed by atoms with E-state index >= 15 is 0 Å². The summed E-state index contributed by atoms with van der Waals surface area (Å²) in [6, 6.07) is 7.92. The van der Waals surface area contributed by atoms with Crippen molar-refractivity contribution in [2.24, 2.45) is 23.7 Å². The molecule has 2 bridgehead atoms. The van der Waals surface area contributed by atoms with Gasteiger partial charge in [-0.3, -0.25) is 9.59 Å². The number of ether oxygens (including phenoxy) is 1. The fourth-order valence-corrected chi connectivity index (χ4v) is 4.68. The highest BCUT2D eigenvalue weighted by Gasteiger charge is 2.52. The van der Waals surface area contributed by atoms with Gasteiger partial charge in [0.15, 0.2) is 0 Å². The molecule has 6 heteroatoms. The fraction of sp³-hybridized carbons (Fsp3) is 0.500. The van der Waals surface area contributed by atoms with E-state index in [0.29, 0.717) is 13.1 Å². The van der Waals surface area contributed by atoms with Gasteiger partial charge in [0.1, 0.15) is 5.75 Å². The lowest BCUT2D eigenvalue weighted by Crippen LogP contribution is -2.52. The van der Waals surface area contributed by atoms with Crippen molar-refractivity contribution in [2.45, 2.75) is 6.42 Å². The molecule has 0 unspecified atom stereocenters. The fourth-order valence-electron chi connectivity index (χ4n) is 4.68. The molecule has 1 heterocycles. The lowest BCUT2D eigenvalue weighted by molar-refractivity contribution is -0.151. The Hall–Kier alpha value is -2.50. The minimum absolute atomic E-state index is 0.0173. The third-order valence-corrected chi connectivity index (χ3v) is 6.06. The van der Waals surface area contributed by atoms with Crippen molar-refractivity contribution in [1.29, 1.82) is 0 Å². The molecule has 1 saturated heterocycles. The molecule has 1 aromatic rings. The molecule has 2 aliphatic carbocycles. The van der Waals surface area contributed by atoms with Crippen LogP contribution in [0.5, 0.6) is 5.75 Å². The van der Waals surface area contributed by atoms with Gasteiger partial charge in [0.2, 0.25) is 5.91 Å². The molecule has 3 aliphatic rings. The van der Waals surface area contributed by atoms with Gasteiger partial charge in [-0.2, -0.15) is 0 Å². The Labute approximate surface area is 153 Å². The lowest BCUT2D eigenvalue weighted by atomic mass is 9.82. The number of anilines is 1. The highest BCUT2D eigenvalue weighted by molar-refractivity contribution is 5.87. The molecule has 6 nitrogen and oxygen atoms in total. The number of aliphatic carboxylic acids is 1. The predicted octanol–water partition coefficient (Wildman–Crippen LogP) is 1.87. The van der Waals surface area contributed by atoms with Crippen LogP contribution < -0.4 is 9.64 Å². The topological polar surface area (TPSA) is 70.1 Å². The largest absolute Gasteiger partial charge is 0.497 e. The van der Waals surface area contributed by atoms with Crippen LogP contribution in [-0.2, 0) is 9.59 Å². The average Bonchev–Trinajstić information content (AvgIpc) is 3.29. The van der Waals surface area contributed by atoms with Crippen molar-refractivity contribution in [3.05, 3.63) is 36.4 Å². The first-order chi connectivity index (χ1) is 12.6. The molecule has 0 spiro atoms. The normalized spacial score (nSPS) is 29.9. The van der Waals surface area contributed by atoms with E-state index in [2.05, 4.69) is 4.90 Å². The number of rotatable bonds is 4. The summed E-state index contributed by atoms with van der Waals surface area (Å²) in [7, 11) is 1.65. The predicted molar refractivity (Wildman–Crippen MR) is 97.1 cm³/mol. The van der Waals surface area contributed by atoms with E-state index in [9.17, 15) is 14.7 Å². The average molecular weight is 356 g/mol. The molecule has 4 atom stereocenters. The Bertz CT molecular complexity index is 722. The van der Waals surface area contributed by atoms with Crippen LogP contribution in [0.2, 0.25) is 0 Å². The highest BCUT2D eigenvalue weighted by Crippen LogP contribution is 2.48. The first-order valence-corrected chi connectivity index (χ1v) is 9.17. The number of hydrogen-bond donors (Lipinski definition) is 1. The number of nitrogens with zero attached hydrogens (tertiary/aromatic N) is 2. The number of carbonyl (C=O) groups is 2. The Kier molecular flexibility index (Phi) is 4.34. The van der Waals surface area contributed by atoms with E-state index in [0.717, 1.165) is 30.9 Å². The first-order valence-electron chi connectivity index (χ1n) is 9.17. The van der Waals surface area contributed by atoms with Gasteiger partial charge >= 0.3 is 5.97 Å². The number of allylic oxidation sites excluding steroid dienone is 2. The van der Waals surface area contributed by atoms with Crippen LogP contribution in [-0.4, -0.2) is 55.2 Å². The molecule has 1 N–H and O–H groups in total. The van der Waals surface area contributed by atoms with E-state index in [1.54, 1.807) is 7.11 Å².